The molecule has 0 fully saturated rings. The second kappa shape index (κ2) is 7.71. The van der Waals surface area contributed by atoms with Crippen LogP contribution in [0.3, 0.4) is 0 Å². The molecule has 0 aliphatic carbocycles. The smallest absolute Gasteiger partial charge is 0.258 e. The number of carbonyl (C=O) groups excluding carboxylic acids is 1. The molecule has 3 nitrogen and oxygen atoms in total. The molecule has 0 aromatic heterocycles. The van der Waals surface area contributed by atoms with Gasteiger partial charge in [-0.25, -0.2) is 0 Å². The first-order valence-corrected chi connectivity index (χ1v) is 8.41. The zero-order valence-electron chi connectivity index (χ0n) is 14.9. The lowest BCUT2D eigenvalue weighted by atomic mass is 10.0. The van der Waals surface area contributed by atoms with Crippen LogP contribution in [0.25, 0.3) is 0 Å². The maximum Gasteiger partial charge on any atom is 0.258 e. The summed E-state index contributed by atoms with van der Waals surface area (Å²) < 4.78 is 5.59. The fourth-order valence-corrected chi connectivity index (χ4v) is 2.65. The second-order valence-electron chi connectivity index (χ2n) is 6.29. The molecule has 0 radical (unpaired) electrons. The predicted molar refractivity (Wildman–Crippen MR) is 98.9 cm³/mol. The van der Waals surface area contributed by atoms with Gasteiger partial charge in [-0.05, 0) is 74.6 Å². The molecule has 2 aromatic carbocycles. The number of amides is 1. The van der Waals surface area contributed by atoms with Gasteiger partial charge in [-0.15, -0.1) is 0 Å². The summed E-state index contributed by atoms with van der Waals surface area (Å²) in [5.41, 5.74) is 5.43. The van der Waals surface area contributed by atoms with E-state index >= 15 is 0 Å². The van der Waals surface area contributed by atoms with Gasteiger partial charge in [-0.1, -0.05) is 29.8 Å². The molecule has 0 saturated carbocycles. The first-order valence-electron chi connectivity index (χ1n) is 8.04. The Morgan fingerprint density at radius 1 is 1.04 bits per heavy atom. The van der Waals surface area contributed by atoms with Crippen LogP contribution in [0.2, 0.25) is 5.02 Å². The van der Waals surface area contributed by atoms with Crippen LogP contribution < -0.4 is 10.1 Å². The number of halogens is 1. The van der Waals surface area contributed by atoms with Crippen LogP contribution in [0.1, 0.15) is 40.8 Å². The Hall–Kier alpha value is -2.00. The van der Waals surface area contributed by atoms with Gasteiger partial charge in [0, 0.05) is 5.02 Å². The predicted octanol–water partition coefficient (Wildman–Crippen LogP) is 4.83. The highest BCUT2D eigenvalue weighted by molar-refractivity contribution is 6.32. The maximum atomic E-state index is 12.1. The van der Waals surface area contributed by atoms with E-state index in [1.807, 2.05) is 39.0 Å². The van der Waals surface area contributed by atoms with Crippen molar-refractivity contribution in [3.63, 3.8) is 0 Å². The average molecular weight is 346 g/mol. The van der Waals surface area contributed by atoms with Gasteiger partial charge in [0.05, 0.1) is 6.04 Å². The largest absolute Gasteiger partial charge is 0.484 e. The summed E-state index contributed by atoms with van der Waals surface area (Å²) >= 11 is 6.14. The summed E-state index contributed by atoms with van der Waals surface area (Å²) in [5.74, 6) is 0.509. The van der Waals surface area contributed by atoms with Gasteiger partial charge >= 0.3 is 0 Å². The molecule has 1 atom stereocenters. The highest BCUT2D eigenvalue weighted by Gasteiger charge is 2.11. The monoisotopic (exact) mass is 345 g/mol. The molecule has 24 heavy (non-hydrogen) atoms. The first-order chi connectivity index (χ1) is 11.3. The molecule has 2 aromatic rings. The lowest BCUT2D eigenvalue weighted by Crippen LogP contribution is -2.31. The van der Waals surface area contributed by atoms with Gasteiger partial charge in [0.2, 0.25) is 0 Å². The van der Waals surface area contributed by atoms with Gasteiger partial charge in [0.25, 0.3) is 5.91 Å². The standard InChI is InChI=1S/C20H24ClNO2/c1-12-6-7-17(8-13(12)2)16(5)22-19(23)11-24-18-9-14(3)20(21)15(4)10-18/h6-10,16H,11H2,1-5H3,(H,22,23)/t16-/m0/s1. The lowest BCUT2D eigenvalue weighted by Gasteiger charge is -2.16. The van der Waals surface area contributed by atoms with Crippen LogP contribution in [0.4, 0.5) is 0 Å². The minimum absolute atomic E-state index is 0.0182. The van der Waals surface area contributed by atoms with Crippen molar-refractivity contribution in [2.75, 3.05) is 6.61 Å². The maximum absolute atomic E-state index is 12.1. The van der Waals surface area contributed by atoms with Crippen molar-refractivity contribution in [1.82, 2.24) is 5.32 Å². The molecule has 0 aliphatic rings. The van der Waals surface area contributed by atoms with E-state index < -0.39 is 0 Å². The van der Waals surface area contributed by atoms with Crippen LogP contribution >= 0.6 is 11.6 Å². The van der Waals surface area contributed by atoms with Crippen LogP contribution in [-0.4, -0.2) is 12.5 Å². The Morgan fingerprint density at radius 3 is 2.25 bits per heavy atom. The van der Waals surface area contributed by atoms with Crippen molar-refractivity contribution in [3.8, 4) is 5.75 Å². The molecule has 0 spiro atoms. The normalized spacial score (nSPS) is 11.9. The number of hydrogen-bond acceptors (Lipinski definition) is 2. The summed E-state index contributed by atoms with van der Waals surface area (Å²) in [6.07, 6.45) is 0. The van der Waals surface area contributed by atoms with E-state index in [4.69, 9.17) is 16.3 Å². The molecular formula is C20H24ClNO2. The number of benzene rings is 2. The van der Waals surface area contributed by atoms with Crippen molar-refractivity contribution < 1.29 is 9.53 Å². The molecule has 0 unspecified atom stereocenters. The molecule has 0 bridgehead atoms. The quantitative estimate of drug-likeness (QED) is 0.842. The van der Waals surface area contributed by atoms with E-state index in [2.05, 4.69) is 31.3 Å². The summed E-state index contributed by atoms with van der Waals surface area (Å²) in [5, 5.41) is 3.70. The van der Waals surface area contributed by atoms with Crippen molar-refractivity contribution in [2.24, 2.45) is 0 Å². The molecule has 2 rings (SSSR count). The highest BCUT2D eigenvalue weighted by Crippen LogP contribution is 2.25. The van der Waals surface area contributed by atoms with Gasteiger partial charge in [-0.2, -0.15) is 0 Å². The van der Waals surface area contributed by atoms with E-state index in [1.54, 1.807) is 0 Å². The fourth-order valence-electron chi connectivity index (χ4n) is 2.54. The van der Waals surface area contributed by atoms with E-state index in [-0.39, 0.29) is 18.6 Å². The van der Waals surface area contributed by atoms with Crippen LogP contribution in [0.5, 0.6) is 5.75 Å². The van der Waals surface area contributed by atoms with E-state index in [9.17, 15) is 4.79 Å². The van der Waals surface area contributed by atoms with Gasteiger partial charge in [0.1, 0.15) is 5.75 Å². The third-order valence-electron chi connectivity index (χ3n) is 4.19. The molecule has 0 saturated heterocycles. The summed E-state index contributed by atoms with van der Waals surface area (Å²) in [4.78, 5) is 12.1. The Kier molecular flexibility index (Phi) is 5.89. The molecule has 1 N–H and O–H groups in total. The number of hydrogen-bond donors (Lipinski definition) is 1. The van der Waals surface area contributed by atoms with Gasteiger partial charge in [0.15, 0.2) is 6.61 Å². The zero-order valence-corrected chi connectivity index (χ0v) is 15.6. The Labute approximate surface area is 149 Å². The molecule has 0 heterocycles. The van der Waals surface area contributed by atoms with E-state index in [0.717, 1.165) is 21.7 Å². The molecule has 0 aliphatic heterocycles. The molecule has 128 valence electrons. The topological polar surface area (TPSA) is 38.3 Å². The number of carbonyl (C=O) groups is 1. The first kappa shape index (κ1) is 18.3. The summed E-state index contributed by atoms with van der Waals surface area (Å²) in [6.45, 7) is 9.94. The minimum atomic E-state index is -0.147. The van der Waals surface area contributed by atoms with Crippen molar-refractivity contribution in [2.45, 2.75) is 40.7 Å². The Bertz CT molecular complexity index is 732. The SMILES string of the molecule is Cc1ccc([C@H](C)NC(=O)COc2cc(C)c(Cl)c(C)c2)cc1C. The Morgan fingerprint density at radius 2 is 1.67 bits per heavy atom. The van der Waals surface area contributed by atoms with Crippen molar-refractivity contribution in [1.29, 1.82) is 0 Å². The number of aryl methyl sites for hydroxylation is 4. The summed E-state index contributed by atoms with van der Waals surface area (Å²) in [6, 6.07) is 9.84. The average Bonchev–Trinajstić information content (AvgIpc) is 2.53. The number of ether oxygens (including phenoxy) is 1. The van der Waals surface area contributed by atoms with Gasteiger partial charge < -0.3 is 10.1 Å². The Balaban J connectivity index is 1.94. The van der Waals surface area contributed by atoms with E-state index in [1.165, 1.54) is 11.1 Å². The lowest BCUT2D eigenvalue weighted by molar-refractivity contribution is -0.123. The number of rotatable bonds is 5. The van der Waals surface area contributed by atoms with Crippen LogP contribution in [0.15, 0.2) is 30.3 Å². The minimum Gasteiger partial charge on any atom is -0.484 e. The fraction of sp³-hybridized carbons (Fsp3) is 0.350. The van der Waals surface area contributed by atoms with E-state index in [0.29, 0.717) is 5.75 Å². The zero-order chi connectivity index (χ0) is 17.9. The summed E-state index contributed by atoms with van der Waals surface area (Å²) in [7, 11) is 0. The highest BCUT2D eigenvalue weighted by atomic mass is 35.5. The second-order valence-corrected chi connectivity index (χ2v) is 6.67. The van der Waals surface area contributed by atoms with Gasteiger partial charge in [-0.3, -0.25) is 4.79 Å². The third kappa shape index (κ3) is 4.51. The third-order valence-corrected chi connectivity index (χ3v) is 4.78. The van der Waals surface area contributed by atoms with Crippen LogP contribution in [-0.2, 0) is 4.79 Å². The molecule has 4 heteroatoms. The molecule has 1 amide bonds. The van der Waals surface area contributed by atoms with Crippen molar-refractivity contribution >= 4 is 17.5 Å². The van der Waals surface area contributed by atoms with Crippen LogP contribution in [0, 0.1) is 27.7 Å². The number of nitrogens with one attached hydrogen (secondary N) is 1. The molecular weight excluding hydrogens is 322 g/mol. The van der Waals surface area contributed by atoms with Crippen molar-refractivity contribution in [3.05, 3.63) is 63.2 Å².